The maximum absolute atomic E-state index is 13.0. The van der Waals surface area contributed by atoms with Gasteiger partial charge in [0.2, 0.25) is 5.89 Å². The molecule has 1 N–H and O–H groups in total. The second-order valence-electron chi connectivity index (χ2n) is 8.09. The average molecular weight is 478 g/mol. The van der Waals surface area contributed by atoms with E-state index in [1.165, 1.54) is 0 Å². The van der Waals surface area contributed by atoms with Crippen LogP contribution in [0.1, 0.15) is 34.4 Å². The van der Waals surface area contributed by atoms with Gasteiger partial charge < -0.3 is 14.5 Å². The monoisotopic (exact) mass is 477 g/mol. The molecule has 3 heterocycles. The van der Waals surface area contributed by atoms with Crippen LogP contribution in [0.5, 0.6) is 5.75 Å². The predicted molar refractivity (Wildman–Crippen MR) is 129 cm³/mol. The molecule has 0 spiro atoms. The number of amides is 1. The summed E-state index contributed by atoms with van der Waals surface area (Å²) >= 11 is 6.15. The van der Waals surface area contributed by atoms with Crippen LogP contribution in [0.4, 0.5) is 0 Å². The van der Waals surface area contributed by atoms with Crippen molar-refractivity contribution in [3.05, 3.63) is 70.2 Å². The topological polar surface area (TPSA) is 93.4 Å². The van der Waals surface area contributed by atoms with E-state index in [0.717, 1.165) is 35.1 Å². The number of pyridine rings is 1. The zero-order valence-corrected chi connectivity index (χ0v) is 19.7. The summed E-state index contributed by atoms with van der Waals surface area (Å²) in [6.45, 7) is 4.27. The summed E-state index contributed by atoms with van der Waals surface area (Å²) in [5, 5.41) is 12.8. The molecule has 2 aromatic heterocycles. The van der Waals surface area contributed by atoms with Crippen LogP contribution in [-0.4, -0.2) is 46.2 Å². The number of nitrogens with zero attached hydrogens (tertiary/aromatic N) is 4. The molecule has 2 aromatic carbocycles. The van der Waals surface area contributed by atoms with Gasteiger partial charge in [0.25, 0.3) is 11.8 Å². The summed E-state index contributed by atoms with van der Waals surface area (Å²) in [7, 11) is 1.58. The Bertz CT molecular complexity index is 1370. The van der Waals surface area contributed by atoms with Crippen molar-refractivity contribution in [2.24, 2.45) is 0 Å². The molecule has 0 saturated heterocycles. The smallest absolute Gasteiger partial charge is 0.252 e. The number of benzene rings is 2. The molecule has 8 nitrogen and oxygen atoms in total. The summed E-state index contributed by atoms with van der Waals surface area (Å²) in [5.41, 5.74) is 4.10. The van der Waals surface area contributed by atoms with Crippen molar-refractivity contribution < 1.29 is 13.9 Å². The lowest BCUT2D eigenvalue weighted by molar-refractivity contribution is 0.0954. The highest BCUT2D eigenvalue weighted by Crippen LogP contribution is 2.32. The van der Waals surface area contributed by atoms with E-state index in [9.17, 15) is 4.79 Å². The van der Waals surface area contributed by atoms with Gasteiger partial charge in [-0.25, -0.2) is 0 Å². The maximum atomic E-state index is 13.0. The first-order valence-corrected chi connectivity index (χ1v) is 11.5. The minimum absolute atomic E-state index is 0.0765. The van der Waals surface area contributed by atoms with Crippen LogP contribution in [0.2, 0.25) is 5.02 Å². The highest BCUT2D eigenvalue weighted by molar-refractivity contribution is 6.30. The minimum Gasteiger partial charge on any atom is -0.496 e. The molecule has 34 heavy (non-hydrogen) atoms. The molecule has 174 valence electrons. The average Bonchev–Trinajstić information content (AvgIpc) is 3.31. The highest BCUT2D eigenvalue weighted by atomic mass is 35.5. The van der Waals surface area contributed by atoms with Crippen molar-refractivity contribution in [3.63, 3.8) is 0 Å². The fourth-order valence-corrected chi connectivity index (χ4v) is 4.53. The van der Waals surface area contributed by atoms with Gasteiger partial charge in [-0.1, -0.05) is 29.8 Å². The Hall–Kier alpha value is -3.49. The third-order valence-electron chi connectivity index (χ3n) is 5.91. The van der Waals surface area contributed by atoms with Crippen molar-refractivity contribution in [2.45, 2.75) is 26.4 Å². The minimum atomic E-state index is -0.0765. The van der Waals surface area contributed by atoms with E-state index in [-0.39, 0.29) is 5.91 Å². The lowest BCUT2D eigenvalue weighted by Gasteiger charge is -2.29. The Morgan fingerprint density at radius 3 is 2.91 bits per heavy atom. The molecule has 9 heteroatoms. The Kier molecular flexibility index (Phi) is 6.17. The Morgan fingerprint density at radius 1 is 1.24 bits per heavy atom. The molecular formula is C25H24ClN5O3. The molecule has 0 unspecified atom stereocenters. The zero-order valence-electron chi connectivity index (χ0n) is 19.0. The van der Waals surface area contributed by atoms with E-state index in [1.54, 1.807) is 25.3 Å². The van der Waals surface area contributed by atoms with E-state index in [0.29, 0.717) is 53.3 Å². The predicted octanol–water partition coefficient (Wildman–Crippen LogP) is 4.25. The number of fused-ring (bicyclic) bond motifs is 2. The summed E-state index contributed by atoms with van der Waals surface area (Å²) in [5.74, 6) is 1.36. The third-order valence-corrected chi connectivity index (χ3v) is 6.14. The zero-order chi connectivity index (χ0) is 23.7. The van der Waals surface area contributed by atoms with Crippen molar-refractivity contribution >= 4 is 28.4 Å². The van der Waals surface area contributed by atoms with Crippen LogP contribution < -0.4 is 10.1 Å². The number of aromatic nitrogens is 3. The largest absolute Gasteiger partial charge is 0.496 e. The van der Waals surface area contributed by atoms with Gasteiger partial charge in [0.1, 0.15) is 5.75 Å². The quantitative estimate of drug-likeness (QED) is 0.443. The van der Waals surface area contributed by atoms with Crippen LogP contribution >= 0.6 is 11.6 Å². The number of methoxy groups -OCH3 is 1. The van der Waals surface area contributed by atoms with E-state index >= 15 is 0 Å². The first kappa shape index (κ1) is 22.3. The second-order valence-corrected chi connectivity index (χ2v) is 8.53. The summed E-state index contributed by atoms with van der Waals surface area (Å²) < 4.78 is 11.3. The number of hydrogen-bond donors (Lipinski definition) is 1. The van der Waals surface area contributed by atoms with Gasteiger partial charge in [-0.05, 0) is 31.2 Å². The molecule has 0 atom stereocenters. The lowest BCUT2D eigenvalue weighted by atomic mass is 9.95. The van der Waals surface area contributed by atoms with Gasteiger partial charge in [0.15, 0.2) is 0 Å². The standard InChI is InChI=1S/C25H24ClN5O3/c1-3-27-24(32)23-16-6-4-5-7-19(16)28-20-10-11-31(13-18(20)23)14-22-29-30-25(34-22)17-12-15(26)8-9-21(17)33-2/h4-9,12H,3,10-11,13-14H2,1-2H3,(H,27,32). The molecule has 0 saturated carbocycles. The SMILES string of the molecule is CCNC(=O)c1c2c(nc3ccccc13)CCN(Cc1nnc(-c3cc(Cl)ccc3OC)o1)C2. The molecule has 0 fully saturated rings. The van der Waals surface area contributed by atoms with Crippen LogP contribution in [0.25, 0.3) is 22.4 Å². The van der Waals surface area contributed by atoms with Gasteiger partial charge in [-0.3, -0.25) is 14.7 Å². The third kappa shape index (κ3) is 4.22. The normalized spacial score (nSPS) is 13.6. The van der Waals surface area contributed by atoms with Crippen molar-refractivity contribution in [1.82, 2.24) is 25.4 Å². The molecule has 0 radical (unpaired) electrons. The number of ether oxygens (including phenoxy) is 1. The van der Waals surface area contributed by atoms with E-state index in [4.69, 9.17) is 25.7 Å². The van der Waals surface area contributed by atoms with E-state index in [1.807, 2.05) is 31.2 Å². The van der Waals surface area contributed by atoms with Crippen LogP contribution in [0, 0.1) is 0 Å². The second kappa shape index (κ2) is 9.40. The number of nitrogens with one attached hydrogen (secondary N) is 1. The molecule has 1 amide bonds. The Morgan fingerprint density at radius 2 is 2.09 bits per heavy atom. The van der Waals surface area contributed by atoms with Gasteiger partial charge in [-0.15, -0.1) is 10.2 Å². The van der Waals surface area contributed by atoms with Crippen molar-refractivity contribution in [1.29, 1.82) is 0 Å². The number of carbonyl (C=O) groups is 1. The first-order chi connectivity index (χ1) is 16.6. The van der Waals surface area contributed by atoms with Gasteiger partial charge in [0.05, 0.1) is 30.3 Å². The van der Waals surface area contributed by atoms with Crippen LogP contribution in [-0.2, 0) is 19.5 Å². The van der Waals surface area contributed by atoms with Gasteiger partial charge in [-0.2, -0.15) is 0 Å². The molecule has 5 rings (SSSR count). The number of hydrogen-bond acceptors (Lipinski definition) is 7. The molecule has 0 aliphatic carbocycles. The molecule has 4 aromatic rings. The lowest BCUT2D eigenvalue weighted by Crippen LogP contribution is -2.34. The molecule has 1 aliphatic heterocycles. The summed E-state index contributed by atoms with van der Waals surface area (Å²) in [6.07, 6.45) is 0.732. The number of carbonyl (C=O) groups excluding carboxylic acids is 1. The summed E-state index contributed by atoms with van der Waals surface area (Å²) in [4.78, 5) is 20.1. The van der Waals surface area contributed by atoms with Crippen LogP contribution in [0.3, 0.4) is 0 Å². The summed E-state index contributed by atoms with van der Waals surface area (Å²) in [6, 6.07) is 13.0. The Balaban J connectivity index is 1.43. The fraction of sp³-hybridized carbons (Fsp3) is 0.280. The number of rotatable bonds is 6. The fourth-order valence-electron chi connectivity index (χ4n) is 4.35. The van der Waals surface area contributed by atoms with Crippen LogP contribution in [0.15, 0.2) is 46.9 Å². The number of para-hydroxylation sites is 1. The van der Waals surface area contributed by atoms with Gasteiger partial charge in [0, 0.05) is 47.7 Å². The molecular weight excluding hydrogens is 454 g/mol. The van der Waals surface area contributed by atoms with Crippen molar-refractivity contribution in [3.8, 4) is 17.2 Å². The van der Waals surface area contributed by atoms with Gasteiger partial charge >= 0.3 is 0 Å². The Labute approximate surface area is 201 Å². The maximum Gasteiger partial charge on any atom is 0.252 e. The molecule has 1 aliphatic rings. The molecule has 0 bridgehead atoms. The van der Waals surface area contributed by atoms with E-state index < -0.39 is 0 Å². The van der Waals surface area contributed by atoms with Crippen molar-refractivity contribution in [2.75, 3.05) is 20.2 Å². The highest BCUT2D eigenvalue weighted by Gasteiger charge is 2.27. The first-order valence-electron chi connectivity index (χ1n) is 11.1. The van der Waals surface area contributed by atoms with E-state index in [2.05, 4.69) is 20.4 Å². The number of halogens is 1.